The third-order valence-electron chi connectivity index (χ3n) is 2.88. The molecule has 0 spiro atoms. The zero-order valence-corrected chi connectivity index (χ0v) is 11.8. The van der Waals surface area contributed by atoms with Crippen LogP contribution in [0.15, 0.2) is 42.5 Å². The fraction of sp³-hybridized carbons (Fsp3) is 0.188. The molecule has 0 saturated heterocycles. The number of rotatable bonds is 5. The Hall–Kier alpha value is -1.87. The molecule has 0 saturated carbocycles. The summed E-state index contributed by atoms with van der Waals surface area (Å²) in [5.74, 6) is 0.00800. The molecule has 0 bridgehead atoms. The predicted molar refractivity (Wildman–Crippen MR) is 76.8 cm³/mol. The van der Waals surface area contributed by atoms with Gasteiger partial charge in [0.2, 0.25) is 0 Å². The molecule has 0 heterocycles. The van der Waals surface area contributed by atoms with E-state index in [2.05, 4.69) is 0 Å². The standard InChI is InChI=1S/C16H14ClFO2/c1-11-6-7-13(17)9-16(11)20-10-14(19)8-12-4-2-3-5-15(12)18/h2-7,9H,8,10H2,1H3. The number of hydrogen-bond donors (Lipinski definition) is 0. The number of Topliss-reactive ketones (excluding diaryl/α,β-unsaturated/α-hetero) is 1. The summed E-state index contributed by atoms with van der Waals surface area (Å²) >= 11 is 5.87. The van der Waals surface area contributed by atoms with Crippen LogP contribution in [-0.2, 0) is 11.2 Å². The molecule has 2 nitrogen and oxygen atoms in total. The average molecular weight is 293 g/mol. The minimum Gasteiger partial charge on any atom is -0.485 e. The van der Waals surface area contributed by atoms with Crippen molar-refractivity contribution in [3.8, 4) is 5.75 Å². The Bertz CT molecular complexity index is 626. The van der Waals surface area contributed by atoms with Gasteiger partial charge in [0, 0.05) is 11.4 Å². The molecule has 104 valence electrons. The zero-order valence-electron chi connectivity index (χ0n) is 11.0. The third kappa shape index (κ3) is 3.81. The molecule has 2 rings (SSSR count). The lowest BCUT2D eigenvalue weighted by atomic mass is 10.1. The van der Waals surface area contributed by atoms with Gasteiger partial charge < -0.3 is 4.74 Å². The third-order valence-corrected chi connectivity index (χ3v) is 3.12. The van der Waals surface area contributed by atoms with Crippen LogP contribution in [-0.4, -0.2) is 12.4 Å². The summed E-state index contributed by atoms with van der Waals surface area (Å²) in [5, 5.41) is 0.548. The normalized spacial score (nSPS) is 10.3. The van der Waals surface area contributed by atoms with Crippen molar-refractivity contribution >= 4 is 17.4 Å². The smallest absolute Gasteiger partial charge is 0.174 e. The van der Waals surface area contributed by atoms with Crippen LogP contribution in [0.2, 0.25) is 5.02 Å². The number of carbonyl (C=O) groups is 1. The average Bonchev–Trinajstić information content (AvgIpc) is 2.42. The van der Waals surface area contributed by atoms with Crippen molar-refractivity contribution in [1.82, 2.24) is 0 Å². The molecule has 0 amide bonds. The maximum atomic E-state index is 13.4. The second kappa shape index (κ2) is 6.53. The first kappa shape index (κ1) is 14.5. The molecule has 2 aromatic rings. The lowest BCUT2D eigenvalue weighted by Gasteiger charge is -2.09. The second-order valence-electron chi connectivity index (χ2n) is 4.51. The Balaban J connectivity index is 1.96. The van der Waals surface area contributed by atoms with E-state index in [-0.39, 0.29) is 24.6 Å². The molecule has 2 aromatic carbocycles. The highest BCUT2D eigenvalue weighted by Crippen LogP contribution is 2.22. The molecule has 0 aliphatic heterocycles. The number of ether oxygens (including phenoxy) is 1. The van der Waals surface area contributed by atoms with E-state index in [1.807, 2.05) is 13.0 Å². The van der Waals surface area contributed by atoms with Gasteiger partial charge in [0.1, 0.15) is 18.2 Å². The molecule has 0 N–H and O–H groups in total. The van der Waals surface area contributed by atoms with Crippen molar-refractivity contribution in [2.24, 2.45) is 0 Å². The molecule has 0 atom stereocenters. The number of aryl methyl sites for hydroxylation is 1. The summed E-state index contributed by atoms with van der Waals surface area (Å²) in [6.07, 6.45) is 0.0201. The molecule has 20 heavy (non-hydrogen) atoms. The van der Waals surface area contributed by atoms with Gasteiger partial charge in [0.15, 0.2) is 5.78 Å². The van der Waals surface area contributed by atoms with Crippen molar-refractivity contribution in [3.05, 3.63) is 64.4 Å². The van der Waals surface area contributed by atoms with E-state index in [1.165, 1.54) is 6.07 Å². The van der Waals surface area contributed by atoms with Gasteiger partial charge in [-0.2, -0.15) is 0 Å². The van der Waals surface area contributed by atoms with Gasteiger partial charge in [-0.15, -0.1) is 0 Å². The summed E-state index contributed by atoms with van der Waals surface area (Å²) in [4.78, 5) is 11.8. The van der Waals surface area contributed by atoms with Crippen molar-refractivity contribution < 1.29 is 13.9 Å². The van der Waals surface area contributed by atoms with Crippen molar-refractivity contribution in [2.75, 3.05) is 6.61 Å². The largest absolute Gasteiger partial charge is 0.485 e. The Morgan fingerprint density at radius 1 is 1.25 bits per heavy atom. The van der Waals surface area contributed by atoms with Crippen LogP contribution < -0.4 is 4.74 Å². The lowest BCUT2D eigenvalue weighted by molar-refractivity contribution is -0.120. The summed E-state index contributed by atoms with van der Waals surface area (Å²) in [5.41, 5.74) is 1.28. The van der Waals surface area contributed by atoms with E-state index in [9.17, 15) is 9.18 Å². The second-order valence-corrected chi connectivity index (χ2v) is 4.94. The van der Waals surface area contributed by atoms with Crippen LogP contribution in [0.5, 0.6) is 5.75 Å². The molecular formula is C16H14ClFO2. The first-order valence-corrected chi connectivity index (χ1v) is 6.58. The Kier molecular flexibility index (Phi) is 4.74. The molecule has 0 unspecified atom stereocenters. The van der Waals surface area contributed by atoms with Crippen LogP contribution in [0.1, 0.15) is 11.1 Å². The fourth-order valence-electron chi connectivity index (χ4n) is 1.79. The van der Waals surface area contributed by atoms with Crippen LogP contribution in [0, 0.1) is 12.7 Å². The van der Waals surface area contributed by atoms with E-state index in [4.69, 9.17) is 16.3 Å². The minimum atomic E-state index is -0.375. The van der Waals surface area contributed by atoms with Crippen molar-refractivity contribution in [2.45, 2.75) is 13.3 Å². The van der Waals surface area contributed by atoms with Crippen molar-refractivity contribution in [1.29, 1.82) is 0 Å². The minimum absolute atomic E-state index is 0.0201. The zero-order chi connectivity index (χ0) is 14.5. The number of halogens is 2. The van der Waals surface area contributed by atoms with E-state index in [0.717, 1.165) is 5.56 Å². The molecular weight excluding hydrogens is 279 g/mol. The van der Waals surface area contributed by atoms with Gasteiger partial charge in [0.05, 0.1) is 0 Å². The molecule has 4 heteroatoms. The number of carbonyl (C=O) groups excluding carboxylic acids is 1. The number of ketones is 1. The van der Waals surface area contributed by atoms with E-state index >= 15 is 0 Å². The summed E-state index contributed by atoms with van der Waals surface area (Å²) in [6, 6.07) is 11.5. The first-order chi connectivity index (χ1) is 9.56. The summed E-state index contributed by atoms with van der Waals surface area (Å²) in [6.45, 7) is 1.77. The maximum Gasteiger partial charge on any atom is 0.174 e. The lowest BCUT2D eigenvalue weighted by Crippen LogP contribution is -2.15. The Morgan fingerprint density at radius 3 is 2.75 bits per heavy atom. The summed E-state index contributed by atoms with van der Waals surface area (Å²) < 4.78 is 18.9. The molecule has 0 radical (unpaired) electrons. The molecule has 0 aliphatic carbocycles. The van der Waals surface area contributed by atoms with Crippen molar-refractivity contribution in [3.63, 3.8) is 0 Å². The monoisotopic (exact) mass is 292 g/mol. The topological polar surface area (TPSA) is 26.3 Å². The van der Waals surface area contributed by atoms with Crippen LogP contribution in [0.4, 0.5) is 4.39 Å². The van der Waals surface area contributed by atoms with E-state index < -0.39 is 0 Å². The molecule has 0 fully saturated rings. The van der Waals surface area contributed by atoms with E-state index in [0.29, 0.717) is 16.3 Å². The van der Waals surface area contributed by atoms with Gasteiger partial charge in [-0.05, 0) is 36.2 Å². The predicted octanol–water partition coefficient (Wildman–Crippen LogP) is 3.98. The first-order valence-electron chi connectivity index (χ1n) is 6.20. The highest BCUT2D eigenvalue weighted by atomic mass is 35.5. The highest BCUT2D eigenvalue weighted by Gasteiger charge is 2.09. The van der Waals surface area contributed by atoms with Gasteiger partial charge >= 0.3 is 0 Å². The molecule has 0 aromatic heterocycles. The Labute approximate surface area is 122 Å². The van der Waals surface area contributed by atoms with Crippen LogP contribution in [0.25, 0.3) is 0 Å². The maximum absolute atomic E-state index is 13.4. The van der Waals surface area contributed by atoms with Gasteiger partial charge in [0.25, 0.3) is 0 Å². The van der Waals surface area contributed by atoms with E-state index in [1.54, 1.807) is 30.3 Å². The fourth-order valence-corrected chi connectivity index (χ4v) is 1.95. The van der Waals surface area contributed by atoms with Crippen LogP contribution >= 0.6 is 11.6 Å². The number of hydrogen-bond acceptors (Lipinski definition) is 2. The number of benzene rings is 2. The van der Waals surface area contributed by atoms with Crippen LogP contribution in [0.3, 0.4) is 0 Å². The SMILES string of the molecule is Cc1ccc(Cl)cc1OCC(=O)Cc1ccccc1F. The molecule has 0 aliphatic rings. The highest BCUT2D eigenvalue weighted by molar-refractivity contribution is 6.30. The van der Waals surface area contributed by atoms with Gasteiger partial charge in [-0.25, -0.2) is 4.39 Å². The Morgan fingerprint density at radius 2 is 2.00 bits per heavy atom. The summed E-state index contributed by atoms with van der Waals surface area (Å²) in [7, 11) is 0. The quantitative estimate of drug-likeness (QED) is 0.833. The van der Waals surface area contributed by atoms with Gasteiger partial charge in [-0.1, -0.05) is 35.9 Å². The van der Waals surface area contributed by atoms with Gasteiger partial charge in [-0.3, -0.25) is 4.79 Å².